The maximum Gasteiger partial charge on any atom is 0.414 e. The Morgan fingerprint density at radius 1 is 0.818 bits per heavy atom. The summed E-state index contributed by atoms with van der Waals surface area (Å²) in [5.41, 5.74) is 1.20. The molecule has 0 aliphatic carbocycles. The zero-order chi connectivity index (χ0) is 23.6. The zero-order valence-electron chi connectivity index (χ0n) is 17.8. The van der Waals surface area contributed by atoms with Crippen LogP contribution < -0.4 is 4.74 Å². The normalized spacial score (nSPS) is 13.5. The second kappa shape index (κ2) is 11.5. The highest BCUT2D eigenvalue weighted by molar-refractivity contribution is 6.27. The van der Waals surface area contributed by atoms with Crippen molar-refractivity contribution in [3.63, 3.8) is 0 Å². The molecule has 0 unspecified atom stereocenters. The molecule has 1 fully saturated rings. The summed E-state index contributed by atoms with van der Waals surface area (Å²) < 4.78 is 11.1. The van der Waals surface area contributed by atoms with E-state index < -0.39 is 11.9 Å². The first-order valence-electron chi connectivity index (χ1n) is 10.3. The fraction of sp³-hybridized carbons (Fsp3) is 0.208. The summed E-state index contributed by atoms with van der Waals surface area (Å²) in [5, 5.41) is 14.8. The number of benzene rings is 2. The lowest BCUT2D eigenvalue weighted by molar-refractivity contribution is -0.159. The maximum atomic E-state index is 12.3. The molecule has 0 saturated carbocycles. The van der Waals surface area contributed by atoms with E-state index in [1.54, 1.807) is 12.1 Å². The van der Waals surface area contributed by atoms with Crippen molar-refractivity contribution in [3.8, 4) is 11.5 Å². The monoisotopic (exact) mass is 452 g/mol. The third-order valence-corrected chi connectivity index (χ3v) is 4.86. The van der Waals surface area contributed by atoms with E-state index in [0.29, 0.717) is 18.8 Å². The smallest absolute Gasteiger partial charge is 0.414 e. The molecular formula is C24H24N2O7. The number of aliphatic carboxylic acids is 2. The van der Waals surface area contributed by atoms with Crippen LogP contribution in [0.2, 0.25) is 0 Å². The van der Waals surface area contributed by atoms with E-state index in [9.17, 15) is 4.79 Å². The molecule has 2 N–H and O–H groups in total. The van der Waals surface area contributed by atoms with E-state index >= 15 is 0 Å². The van der Waals surface area contributed by atoms with Crippen LogP contribution in [-0.2, 0) is 16.1 Å². The van der Waals surface area contributed by atoms with Gasteiger partial charge in [0.2, 0.25) is 0 Å². The number of ether oxygens (including phenoxy) is 1. The van der Waals surface area contributed by atoms with Gasteiger partial charge in [-0.1, -0.05) is 30.3 Å². The fourth-order valence-electron chi connectivity index (χ4n) is 3.26. The van der Waals surface area contributed by atoms with Gasteiger partial charge in [-0.25, -0.2) is 9.59 Å². The van der Waals surface area contributed by atoms with E-state index in [2.05, 4.69) is 17.0 Å². The van der Waals surface area contributed by atoms with Crippen LogP contribution in [0.5, 0.6) is 11.5 Å². The zero-order valence-corrected chi connectivity index (χ0v) is 17.8. The van der Waals surface area contributed by atoms with Crippen molar-refractivity contribution in [1.82, 2.24) is 9.80 Å². The lowest BCUT2D eigenvalue weighted by Crippen LogP contribution is -2.48. The van der Waals surface area contributed by atoms with Crippen molar-refractivity contribution in [3.05, 3.63) is 84.3 Å². The molecule has 172 valence electrons. The molecule has 0 bridgehead atoms. The fourth-order valence-corrected chi connectivity index (χ4v) is 3.26. The molecule has 0 radical (unpaired) electrons. The van der Waals surface area contributed by atoms with E-state index in [0.717, 1.165) is 31.1 Å². The topological polar surface area (TPSA) is 121 Å². The highest BCUT2D eigenvalue weighted by atomic mass is 16.5. The molecule has 2 heterocycles. The molecule has 9 nitrogen and oxygen atoms in total. The molecule has 0 atom stereocenters. The number of para-hydroxylation sites is 1. The number of nitrogens with zero attached hydrogens (tertiary/aromatic N) is 2. The average molecular weight is 452 g/mol. The second-order valence-corrected chi connectivity index (χ2v) is 7.22. The minimum Gasteiger partial charge on any atom is -0.473 e. The van der Waals surface area contributed by atoms with Gasteiger partial charge in [-0.2, -0.15) is 0 Å². The predicted octanol–water partition coefficient (Wildman–Crippen LogP) is 3.19. The number of carbonyl (C=O) groups is 3. The van der Waals surface area contributed by atoms with Gasteiger partial charge in [0, 0.05) is 32.7 Å². The minimum atomic E-state index is -1.82. The molecule has 1 saturated heterocycles. The molecule has 1 aliphatic rings. The summed E-state index contributed by atoms with van der Waals surface area (Å²) in [4.78, 5) is 34.7. The summed E-state index contributed by atoms with van der Waals surface area (Å²) in [6.45, 7) is 3.95. The Morgan fingerprint density at radius 3 is 2.09 bits per heavy atom. The number of piperazine rings is 1. The van der Waals surface area contributed by atoms with Crippen molar-refractivity contribution in [2.45, 2.75) is 6.54 Å². The Balaban J connectivity index is 0.000000454. The van der Waals surface area contributed by atoms with Gasteiger partial charge in [0.05, 0.1) is 6.26 Å². The number of hydrogen-bond acceptors (Lipinski definition) is 6. The lowest BCUT2D eigenvalue weighted by atomic mass is 10.2. The SMILES string of the molecule is O=C(O)C(=O)O.O=C(c1ccco1)N1CCN(Cc2cccc(Oc3ccccc3)c2)CC1. The van der Waals surface area contributed by atoms with Crippen molar-refractivity contribution in [2.75, 3.05) is 26.2 Å². The number of hydrogen-bond donors (Lipinski definition) is 2. The molecule has 1 aromatic heterocycles. The van der Waals surface area contributed by atoms with Gasteiger partial charge < -0.3 is 24.3 Å². The van der Waals surface area contributed by atoms with Crippen LogP contribution in [0, 0.1) is 0 Å². The van der Waals surface area contributed by atoms with Crippen LogP contribution in [0.15, 0.2) is 77.4 Å². The van der Waals surface area contributed by atoms with E-state index in [1.807, 2.05) is 47.4 Å². The number of carbonyl (C=O) groups excluding carboxylic acids is 1. The van der Waals surface area contributed by atoms with Crippen LogP contribution in [0.4, 0.5) is 0 Å². The van der Waals surface area contributed by atoms with Gasteiger partial charge in [0.1, 0.15) is 11.5 Å². The molecule has 1 aliphatic heterocycles. The Bertz CT molecular complexity index is 1050. The first-order chi connectivity index (χ1) is 15.9. The van der Waals surface area contributed by atoms with Gasteiger partial charge in [-0.15, -0.1) is 0 Å². The van der Waals surface area contributed by atoms with E-state index in [1.165, 1.54) is 11.8 Å². The maximum absolute atomic E-state index is 12.3. The van der Waals surface area contributed by atoms with Gasteiger partial charge in [-0.3, -0.25) is 9.69 Å². The van der Waals surface area contributed by atoms with E-state index in [4.69, 9.17) is 29.0 Å². The molecule has 0 spiro atoms. The Labute approximate surface area is 190 Å². The summed E-state index contributed by atoms with van der Waals surface area (Å²) in [5.74, 6) is -1.60. The van der Waals surface area contributed by atoms with Crippen molar-refractivity contribution in [2.24, 2.45) is 0 Å². The number of furan rings is 1. The third kappa shape index (κ3) is 7.22. The summed E-state index contributed by atoms with van der Waals surface area (Å²) >= 11 is 0. The van der Waals surface area contributed by atoms with Gasteiger partial charge in [-0.05, 0) is 42.0 Å². The molecular weight excluding hydrogens is 428 g/mol. The van der Waals surface area contributed by atoms with Gasteiger partial charge >= 0.3 is 11.9 Å². The molecule has 2 aromatic carbocycles. The molecule has 1 amide bonds. The van der Waals surface area contributed by atoms with E-state index in [-0.39, 0.29) is 5.91 Å². The first-order valence-corrected chi connectivity index (χ1v) is 10.3. The Morgan fingerprint density at radius 2 is 1.48 bits per heavy atom. The van der Waals surface area contributed by atoms with Crippen molar-refractivity contribution in [1.29, 1.82) is 0 Å². The quantitative estimate of drug-likeness (QED) is 0.567. The summed E-state index contributed by atoms with van der Waals surface area (Å²) in [6.07, 6.45) is 1.54. The highest BCUT2D eigenvalue weighted by Gasteiger charge is 2.23. The molecule has 4 rings (SSSR count). The molecule has 3 aromatic rings. The lowest BCUT2D eigenvalue weighted by Gasteiger charge is -2.34. The average Bonchev–Trinajstić information content (AvgIpc) is 3.35. The first kappa shape index (κ1) is 23.6. The summed E-state index contributed by atoms with van der Waals surface area (Å²) in [6, 6.07) is 21.4. The van der Waals surface area contributed by atoms with Crippen LogP contribution in [0.25, 0.3) is 0 Å². The van der Waals surface area contributed by atoms with Crippen LogP contribution in [-0.4, -0.2) is 64.0 Å². The molecule has 9 heteroatoms. The largest absolute Gasteiger partial charge is 0.473 e. The number of amides is 1. The van der Waals surface area contributed by atoms with Gasteiger partial charge in [0.25, 0.3) is 5.91 Å². The van der Waals surface area contributed by atoms with Crippen molar-refractivity contribution < 1.29 is 33.8 Å². The summed E-state index contributed by atoms with van der Waals surface area (Å²) in [7, 11) is 0. The van der Waals surface area contributed by atoms with Crippen LogP contribution in [0.1, 0.15) is 16.1 Å². The second-order valence-electron chi connectivity index (χ2n) is 7.22. The predicted molar refractivity (Wildman–Crippen MR) is 118 cm³/mol. The Kier molecular flexibility index (Phi) is 8.20. The number of rotatable bonds is 5. The van der Waals surface area contributed by atoms with Crippen LogP contribution in [0.3, 0.4) is 0 Å². The number of carboxylic acids is 2. The molecule has 33 heavy (non-hydrogen) atoms. The highest BCUT2D eigenvalue weighted by Crippen LogP contribution is 2.22. The van der Waals surface area contributed by atoms with Crippen LogP contribution >= 0.6 is 0 Å². The van der Waals surface area contributed by atoms with Gasteiger partial charge in [0.15, 0.2) is 5.76 Å². The van der Waals surface area contributed by atoms with Crippen molar-refractivity contribution >= 4 is 17.8 Å². The standard InChI is InChI=1S/C22H22N2O3.C2H2O4/c25-22(21-10-5-15-26-21)24-13-11-23(12-14-24)17-18-6-4-9-20(16-18)27-19-7-2-1-3-8-19;3-1(4)2(5)6/h1-10,15-16H,11-14,17H2;(H,3,4)(H,5,6). The third-order valence-electron chi connectivity index (χ3n) is 4.86. The minimum absolute atomic E-state index is 0.0297. The number of carboxylic acid groups (broad SMARTS) is 2. The Hall–Kier alpha value is -4.11.